The molecule has 2 aliphatic heterocycles. The first-order valence-electron chi connectivity index (χ1n) is 9.59. The van der Waals surface area contributed by atoms with Crippen LogP contribution in [0.4, 0.5) is 5.69 Å². The summed E-state index contributed by atoms with van der Waals surface area (Å²) in [6.07, 6.45) is 3.02. The lowest BCUT2D eigenvalue weighted by Gasteiger charge is -2.22. The zero-order chi connectivity index (χ0) is 19.5. The molecule has 28 heavy (non-hydrogen) atoms. The lowest BCUT2D eigenvalue weighted by atomic mass is 10.0. The molecule has 0 radical (unpaired) electrons. The first-order valence-corrected chi connectivity index (χ1v) is 10.3. The molecule has 2 heterocycles. The molecule has 1 unspecified atom stereocenters. The van der Waals surface area contributed by atoms with Gasteiger partial charge in [0.15, 0.2) is 18.0 Å². The maximum atomic E-state index is 12.6. The first kappa shape index (κ1) is 19.4. The van der Waals surface area contributed by atoms with Gasteiger partial charge in [-0.25, -0.2) is 0 Å². The van der Waals surface area contributed by atoms with E-state index in [1.807, 2.05) is 6.07 Å². The summed E-state index contributed by atoms with van der Waals surface area (Å²) < 4.78 is 11.6. The molecule has 2 aromatic carbocycles. The number of anilines is 1. The number of likely N-dealkylation sites (tertiary alicyclic amines) is 1. The number of carbonyl (C=O) groups is 1. The lowest BCUT2D eigenvalue weighted by molar-refractivity contribution is -0.910. The van der Waals surface area contributed by atoms with Crippen LogP contribution in [0.1, 0.15) is 30.9 Å². The van der Waals surface area contributed by atoms with Crippen molar-refractivity contribution in [1.29, 1.82) is 0 Å². The molecule has 0 bridgehead atoms. The van der Waals surface area contributed by atoms with E-state index in [-0.39, 0.29) is 11.9 Å². The number of carbonyl (C=O) groups excluding carboxylic acids is 1. The summed E-state index contributed by atoms with van der Waals surface area (Å²) in [6.45, 7) is 2.70. The minimum absolute atomic E-state index is 0.0551. The number of fused-ring (bicyclic) bond motifs is 1. The maximum Gasteiger partial charge on any atom is 0.279 e. The molecule has 0 aromatic heterocycles. The molecule has 1 fully saturated rings. The zero-order valence-corrected chi connectivity index (χ0v) is 17.0. The average Bonchev–Trinajstić information content (AvgIpc) is 2.99. The molecular weight excluding hydrogens is 399 g/mol. The van der Waals surface area contributed by atoms with Crippen molar-refractivity contribution in [3.8, 4) is 11.5 Å². The Balaban J connectivity index is 1.45. The Morgan fingerprint density at radius 2 is 1.89 bits per heavy atom. The molecule has 0 spiro atoms. The van der Waals surface area contributed by atoms with Crippen LogP contribution in [0.5, 0.6) is 11.5 Å². The van der Waals surface area contributed by atoms with Crippen LogP contribution < -0.4 is 19.7 Å². The standard InChI is InChI=1S/C21H22Cl2N2O3/c22-15-5-6-17(16(23)12-15)24-21(26)13-25-8-1-3-18(25)14-4-7-19-20(11-14)28-10-2-9-27-19/h4-7,11-12,18H,1-3,8-10,13H2,(H,24,26)/p+1/t18-/m0/s1. The molecule has 2 N–H and O–H groups in total. The molecular formula is C21H23Cl2N2O3+. The molecule has 7 heteroatoms. The van der Waals surface area contributed by atoms with Crippen molar-refractivity contribution in [2.24, 2.45) is 0 Å². The van der Waals surface area contributed by atoms with Crippen molar-refractivity contribution in [3.05, 3.63) is 52.0 Å². The second-order valence-corrected chi connectivity index (χ2v) is 8.05. The number of hydrogen-bond acceptors (Lipinski definition) is 3. The topological polar surface area (TPSA) is 52.0 Å². The summed E-state index contributed by atoms with van der Waals surface area (Å²) in [5.41, 5.74) is 1.77. The summed E-state index contributed by atoms with van der Waals surface area (Å²) in [5, 5.41) is 3.88. The first-order chi connectivity index (χ1) is 13.6. The molecule has 1 amide bonds. The van der Waals surface area contributed by atoms with E-state index in [0.29, 0.717) is 35.5 Å². The second kappa shape index (κ2) is 8.60. The SMILES string of the molecule is O=C(C[NH+]1CCC[C@H]1c1ccc2c(c1)OCCCO2)Nc1ccc(Cl)cc1Cl. The molecule has 2 aliphatic rings. The van der Waals surface area contributed by atoms with E-state index in [2.05, 4.69) is 17.4 Å². The van der Waals surface area contributed by atoms with E-state index < -0.39 is 0 Å². The van der Waals surface area contributed by atoms with Gasteiger partial charge in [-0.05, 0) is 36.4 Å². The predicted octanol–water partition coefficient (Wildman–Crippen LogP) is 3.51. The minimum atomic E-state index is -0.0551. The fourth-order valence-electron chi connectivity index (χ4n) is 3.91. The van der Waals surface area contributed by atoms with Gasteiger partial charge in [0.1, 0.15) is 6.04 Å². The van der Waals surface area contributed by atoms with Gasteiger partial charge in [-0.15, -0.1) is 0 Å². The van der Waals surface area contributed by atoms with E-state index in [0.717, 1.165) is 37.3 Å². The van der Waals surface area contributed by atoms with Crippen molar-refractivity contribution < 1.29 is 19.2 Å². The Hall–Kier alpha value is -1.95. The number of hydrogen-bond donors (Lipinski definition) is 2. The van der Waals surface area contributed by atoms with Crippen LogP contribution in [0.3, 0.4) is 0 Å². The maximum absolute atomic E-state index is 12.6. The predicted molar refractivity (Wildman–Crippen MR) is 110 cm³/mol. The van der Waals surface area contributed by atoms with Gasteiger partial charge in [0.05, 0.1) is 30.5 Å². The summed E-state index contributed by atoms with van der Waals surface area (Å²) in [6, 6.07) is 11.5. The molecule has 2 aromatic rings. The summed E-state index contributed by atoms with van der Waals surface area (Å²) in [5.74, 6) is 1.55. The molecule has 2 atom stereocenters. The van der Waals surface area contributed by atoms with E-state index in [4.69, 9.17) is 32.7 Å². The average molecular weight is 422 g/mol. The van der Waals surface area contributed by atoms with E-state index in [1.54, 1.807) is 18.2 Å². The van der Waals surface area contributed by atoms with Gasteiger partial charge in [0, 0.05) is 29.8 Å². The Morgan fingerprint density at radius 1 is 1.07 bits per heavy atom. The van der Waals surface area contributed by atoms with Crippen molar-refractivity contribution in [1.82, 2.24) is 0 Å². The van der Waals surface area contributed by atoms with Crippen LogP contribution in [-0.4, -0.2) is 32.2 Å². The second-order valence-electron chi connectivity index (χ2n) is 7.21. The highest BCUT2D eigenvalue weighted by Gasteiger charge is 2.32. The van der Waals surface area contributed by atoms with Gasteiger partial charge >= 0.3 is 0 Å². The van der Waals surface area contributed by atoms with Crippen molar-refractivity contribution in [3.63, 3.8) is 0 Å². The van der Waals surface area contributed by atoms with E-state index >= 15 is 0 Å². The fraction of sp³-hybridized carbons (Fsp3) is 0.381. The number of halogens is 2. The quantitative estimate of drug-likeness (QED) is 0.793. The highest BCUT2D eigenvalue weighted by Crippen LogP contribution is 2.33. The number of ether oxygens (including phenoxy) is 2. The van der Waals surface area contributed by atoms with Crippen LogP contribution in [0.25, 0.3) is 0 Å². The number of amides is 1. The van der Waals surface area contributed by atoms with Crippen molar-refractivity contribution in [2.45, 2.75) is 25.3 Å². The van der Waals surface area contributed by atoms with Crippen LogP contribution in [0.15, 0.2) is 36.4 Å². The number of benzene rings is 2. The highest BCUT2D eigenvalue weighted by molar-refractivity contribution is 6.36. The summed E-state index contributed by atoms with van der Waals surface area (Å²) in [4.78, 5) is 13.8. The molecule has 0 saturated carbocycles. The van der Waals surface area contributed by atoms with E-state index in [1.165, 1.54) is 10.5 Å². The molecule has 148 valence electrons. The van der Waals surface area contributed by atoms with Gasteiger partial charge < -0.3 is 19.7 Å². The van der Waals surface area contributed by atoms with Gasteiger partial charge in [-0.3, -0.25) is 4.79 Å². The Kier molecular flexibility index (Phi) is 5.95. The third-order valence-corrected chi connectivity index (χ3v) is 5.80. The normalized spacial score (nSPS) is 21.2. The summed E-state index contributed by atoms with van der Waals surface area (Å²) >= 11 is 12.1. The zero-order valence-electron chi connectivity index (χ0n) is 15.5. The van der Waals surface area contributed by atoms with Crippen LogP contribution >= 0.6 is 23.2 Å². The van der Waals surface area contributed by atoms with Gasteiger partial charge in [-0.1, -0.05) is 23.2 Å². The number of quaternary nitrogens is 1. The highest BCUT2D eigenvalue weighted by atomic mass is 35.5. The Morgan fingerprint density at radius 3 is 2.71 bits per heavy atom. The lowest BCUT2D eigenvalue weighted by Crippen LogP contribution is -3.11. The van der Waals surface area contributed by atoms with Gasteiger partial charge in [-0.2, -0.15) is 0 Å². The summed E-state index contributed by atoms with van der Waals surface area (Å²) in [7, 11) is 0. The van der Waals surface area contributed by atoms with Crippen LogP contribution in [-0.2, 0) is 4.79 Å². The fourth-order valence-corrected chi connectivity index (χ4v) is 4.37. The molecule has 4 rings (SSSR count). The molecule has 5 nitrogen and oxygen atoms in total. The van der Waals surface area contributed by atoms with Crippen LogP contribution in [0.2, 0.25) is 10.0 Å². The molecule has 0 aliphatic carbocycles. The minimum Gasteiger partial charge on any atom is -0.490 e. The third-order valence-electron chi connectivity index (χ3n) is 5.25. The smallest absolute Gasteiger partial charge is 0.279 e. The van der Waals surface area contributed by atoms with Crippen molar-refractivity contribution in [2.75, 3.05) is 31.6 Å². The third kappa shape index (κ3) is 4.37. The number of rotatable bonds is 4. The Labute approximate surface area is 174 Å². The van der Waals surface area contributed by atoms with Gasteiger partial charge in [0.25, 0.3) is 5.91 Å². The van der Waals surface area contributed by atoms with Crippen molar-refractivity contribution >= 4 is 34.8 Å². The monoisotopic (exact) mass is 421 g/mol. The number of nitrogens with one attached hydrogen (secondary N) is 2. The Bertz CT molecular complexity index is 875. The van der Waals surface area contributed by atoms with Gasteiger partial charge in [0.2, 0.25) is 0 Å². The molecule has 1 saturated heterocycles. The van der Waals surface area contributed by atoms with E-state index in [9.17, 15) is 4.79 Å². The largest absolute Gasteiger partial charge is 0.490 e. The van der Waals surface area contributed by atoms with Crippen LogP contribution in [0, 0.1) is 0 Å².